The van der Waals surface area contributed by atoms with Crippen molar-refractivity contribution in [2.24, 2.45) is 17.8 Å². The number of hydrogen-bond acceptors (Lipinski definition) is 4. The van der Waals surface area contributed by atoms with Crippen LogP contribution in [0.4, 0.5) is 0 Å². The number of benzene rings is 3. The molecule has 1 aliphatic carbocycles. The summed E-state index contributed by atoms with van der Waals surface area (Å²) in [5.41, 5.74) is 0.265. The second-order valence-corrected chi connectivity index (χ2v) is 10.0. The summed E-state index contributed by atoms with van der Waals surface area (Å²) in [6.07, 6.45) is 1.93. The van der Waals surface area contributed by atoms with Crippen molar-refractivity contribution in [3.8, 4) is 0 Å². The molecule has 3 aromatic carbocycles. The Morgan fingerprint density at radius 1 is 0.806 bits per heavy atom. The molecule has 0 radical (unpaired) electrons. The second kappa shape index (κ2) is 10.2. The van der Waals surface area contributed by atoms with Crippen molar-refractivity contribution in [3.05, 3.63) is 108 Å². The third-order valence-corrected chi connectivity index (χ3v) is 7.90. The monoisotopic (exact) mass is 481 g/mol. The van der Waals surface area contributed by atoms with E-state index in [2.05, 4.69) is 0 Å². The number of aliphatic hydroxyl groups is 1. The molecule has 36 heavy (non-hydrogen) atoms. The lowest BCUT2D eigenvalue weighted by molar-refractivity contribution is -0.134. The highest BCUT2D eigenvalue weighted by Crippen LogP contribution is 2.50. The minimum absolute atomic E-state index is 0.0191. The summed E-state index contributed by atoms with van der Waals surface area (Å²) in [4.78, 5) is 42.0. The Labute approximate surface area is 211 Å². The van der Waals surface area contributed by atoms with E-state index in [9.17, 15) is 19.5 Å². The van der Waals surface area contributed by atoms with Gasteiger partial charge in [0, 0.05) is 42.5 Å². The number of carbonyl (C=O) groups excluding carboxylic acids is 3. The normalized spacial score (nSPS) is 26.1. The molecule has 2 aliphatic rings. The molecule has 0 aromatic heterocycles. The molecule has 1 heterocycles. The van der Waals surface area contributed by atoms with Crippen LogP contribution in [0.3, 0.4) is 0 Å². The van der Waals surface area contributed by atoms with Gasteiger partial charge in [-0.25, -0.2) is 0 Å². The predicted molar refractivity (Wildman–Crippen MR) is 137 cm³/mol. The molecule has 5 heteroatoms. The van der Waals surface area contributed by atoms with Gasteiger partial charge in [0.05, 0.1) is 5.92 Å². The molecule has 0 unspecified atom stereocenters. The molecule has 0 bridgehead atoms. The second-order valence-electron chi connectivity index (χ2n) is 10.0. The fraction of sp³-hybridized carbons (Fsp3) is 0.323. The van der Waals surface area contributed by atoms with E-state index in [0.717, 1.165) is 6.42 Å². The summed E-state index contributed by atoms with van der Waals surface area (Å²) in [6, 6.07) is 27.4. The van der Waals surface area contributed by atoms with Crippen LogP contribution in [0.15, 0.2) is 91.0 Å². The summed E-state index contributed by atoms with van der Waals surface area (Å²) in [5, 5.41) is 12.5. The van der Waals surface area contributed by atoms with E-state index in [1.54, 1.807) is 29.2 Å². The third kappa shape index (κ3) is 4.51. The Hall–Kier alpha value is -3.57. The van der Waals surface area contributed by atoms with Gasteiger partial charge >= 0.3 is 0 Å². The van der Waals surface area contributed by atoms with Crippen LogP contribution in [0.2, 0.25) is 0 Å². The largest absolute Gasteiger partial charge is 0.384 e. The molecule has 3 aromatic rings. The average Bonchev–Trinajstić information content (AvgIpc) is 3.34. The quantitative estimate of drug-likeness (QED) is 0.487. The minimum Gasteiger partial charge on any atom is -0.384 e. The first-order chi connectivity index (χ1) is 17.5. The molecule has 184 valence electrons. The Balaban J connectivity index is 1.60. The van der Waals surface area contributed by atoms with Crippen molar-refractivity contribution in [1.29, 1.82) is 0 Å². The van der Waals surface area contributed by atoms with Gasteiger partial charge in [0.2, 0.25) is 5.91 Å². The Morgan fingerprint density at radius 2 is 1.36 bits per heavy atom. The van der Waals surface area contributed by atoms with Crippen molar-refractivity contribution in [2.45, 2.75) is 31.3 Å². The SMILES string of the molecule is O=C(c1ccccc1)[C@H]1C[C@@H](CN2CCCC2=O)[C@](O)(c2ccccc2)[C@@H](C(=O)c2ccccc2)C1. The van der Waals surface area contributed by atoms with Gasteiger partial charge in [-0.3, -0.25) is 14.4 Å². The van der Waals surface area contributed by atoms with Crippen molar-refractivity contribution in [2.75, 3.05) is 13.1 Å². The molecule has 1 saturated heterocycles. The minimum atomic E-state index is -1.51. The lowest BCUT2D eigenvalue weighted by Crippen LogP contribution is -2.55. The fourth-order valence-corrected chi connectivity index (χ4v) is 6.05. The zero-order valence-corrected chi connectivity index (χ0v) is 20.3. The van der Waals surface area contributed by atoms with Gasteiger partial charge in [-0.15, -0.1) is 0 Å². The standard InChI is InChI=1S/C31H31NO4/c33-28-17-10-18-32(28)21-26-19-24(29(34)22-11-4-1-5-12-22)20-27(30(35)23-13-6-2-7-14-23)31(26,36)25-15-8-3-9-16-25/h1-9,11-16,24,26-27,36H,10,17-21H2/t24-,26-,27+,31+/m0/s1. The smallest absolute Gasteiger partial charge is 0.222 e. The van der Waals surface area contributed by atoms with Crippen molar-refractivity contribution < 1.29 is 19.5 Å². The van der Waals surface area contributed by atoms with Crippen molar-refractivity contribution in [1.82, 2.24) is 4.90 Å². The fourth-order valence-electron chi connectivity index (χ4n) is 6.05. The molecule has 1 saturated carbocycles. The van der Waals surface area contributed by atoms with Crippen LogP contribution in [-0.4, -0.2) is 40.6 Å². The Morgan fingerprint density at radius 3 is 1.92 bits per heavy atom. The van der Waals surface area contributed by atoms with Gasteiger partial charge in [0.25, 0.3) is 0 Å². The molecule has 2 fully saturated rings. The number of Topliss-reactive ketones (excluding diaryl/α,β-unsaturated/α-hetero) is 2. The number of carbonyl (C=O) groups is 3. The molecule has 1 aliphatic heterocycles. The maximum Gasteiger partial charge on any atom is 0.222 e. The van der Waals surface area contributed by atoms with Crippen LogP contribution in [0.5, 0.6) is 0 Å². The average molecular weight is 482 g/mol. The van der Waals surface area contributed by atoms with E-state index in [-0.39, 0.29) is 23.9 Å². The van der Waals surface area contributed by atoms with Crippen LogP contribution in [0.1, 0.15) is 52.0 Å². The van der Waals surface area contributed by atoms with Gasteiger partial charge < -0.3 is 10.0 Å². The topological polar surface area (TPSA) is 74.7 Å². The first-order valence-corrected chi connectivity index (χ1v) is 12.7. The number of nitrogens with zero attached hydrogens (tertiary/aromatic N) is 1. The number of amides is 1. The van der Waals surface area contributed by atoms with Crippen LogP contribution in [0, 0.1) is 17.8 Å². The number of rotatable bonds is 7. The van der Waals surface area contributed by atoms with Crippen molar-refractivity contribution >= 4 is 17.5 Å². The Kier molecular flexibility index (Phi) is 6.84. The molecular weight excluding hydrogens is 450 g/mol. The number of ketones is 2. The Bertz CT molecular complexity index is 1230. The molecule has 5 nitrogen and oxygen atoms in total. The maximum atomic E-state index is 14.0. The summed E-state index contributed by atoms with van der Waals surface area (Å²) in [7, 11) is 0. The van der Waals surface area contributed by atoms with Gasteiger partial charge in [0.1, 0.15) is 5.60 Å². The van der Waals surface area contributed by atoms with Crippen LogP contribution < -0.4 is 0 Å². The number of hydrogen-bond donors (Lipinski definition) is 1. The van der Waals surface area contributed by atoms with E-state index in [1.165, 1.54) is 0 Å². The third-order valence-electron chi connectivity index (χ3n) is 7.90. The van der Waals surface area contributed by atoms with E-state index < -0.39 is 23.4 Å². The zero-order valence-electron chi connectivity index (χ0n) is 20.3. The summed E-state index contributed by atoms with van der Waals surface area (Å²) >= 11 is 0. The summed E-state index contributed by atoms with van der Waals surface area (Å²) in [5.74, 6) is -1.85. The lowest BCUT2D eigenvalue weighted by atomic mass is 9.59. The van der Waals surface area contributed by atoms with E-state index >= 15 is 0 Å². The van der Waals surface area contributed by atoms with E-state index in [4.69, 9.17) is 0 Å². The van der Waals surface area contributed by atoms with E-state index in [0.29, 0.717) is 42.6 Å². The highest BCUT2D eigenvalue weighted by molar-refractivity contribution is 6.01. The molecule has 0 spiro atoms. The van der Waals surface area contributed by atoms with Gasteiger partial charge in [-0.05, 0) is 24.8 Å². The van der Waals surface area contributed by atoms with E-state index in [1.807, 2.05) is 66.7 Å². The van der Waals surface area contributed by atoms with Crippen LogP contribution >= 0.6 is 0 Å². The molecule has 4 atom stereocenters. The van der Waals surface area contributed by atoms with Crippen molar-refractivity contribution in [3.63, 3.8) is 0 Å². The first kappa shape index (κ1) is 24.1. The predicted octanol–water partition coefficient (Wildman–Crippen LogP) is 4.90. The number of likely N-dealkylation sites (tertiary alicyclic amines) is 1. The first-order valence-electron chi connectivity index (χ1n) is 12.7. The molecule has 1 N–H and O–H groups in total. The molecule has 1 amide bonds. The van der Waals surface area contributed by atoms with Gasteiger partial charge in [-0.1, -0.05) is 91.0 Å². The van der Waals surface area contributed by atoms with Gasteiger partial charge in [-0.2, -0.15) is 0 Å². The highest BCUT2D eigenvalue weighted by Gasteiger charge is 2.55. The van der Waals surface area contributed by atoms with Crippen LogP contribution in [0.25, 0.3) is 0 Å². The molecule has 5 rings (SSSR count). The van der Waals surface area contributed by atoms with Crippen LogP contribution in [-0.2, 0) is 10.4 Å². The lowest BCUT2D eigenvalue weighted by Gasteiger charge is -2.49. The summed E-state index contributed by atoms with van der Waals surface area (Å²) in [6.45, 7) is 0.955. The highest BCUT2D eigenvalue weighted by atomic mass is 16.3. The zero-order chi connectivity index (χ0) is 25.1. The molecular formula is C31H31NO4. The maximum absolute atomic E-state index is 14.0. The summed E-state index contributed by atoms with van der Waals surface area (Å²) < 4.78 is 0. The van der Waals surface area contributed by atoms with Gasteiger partial charge in [0.15, 0.2) is 11.6 Å².